The van der Waals surface area contributed by atoms with E-state index in [1.54, 1.807) is 0 Å². The summed E-state index contributed by atoms with van der Waals surface area (Å²) in [7, 11) is 0. The molecular weight excluding hydrogens is 452 g/mol. The number of fused-ring (bicyclic) bond motifs is 7. The van der Waals surface area contributed by atoms with E-state index in [1.165, 1.54) is 64.2 Å². The van der Waals surface area contributed by atoms with Crippen molar-refractivity contribution in [1.29, 1.82) is 0 Å². The van der Waals surface area contributed by atoms with Gasteiger partial charge in [0.05, 0.1) is 0 Å². The second-order valence-corrected chi connectivity index (χ2v) is 16.4. The number of ether oxygens (including phenoxy) is 1. The molecule has 0 N–H and O–H groups in total. The Labute approximate surface area is 229 Å². The summed E-state index contributed by atoms with van der Waals surface area (Å²) < 4.78 is 6.26. The Hall–Kier alpha value is -0.530. The molecule has 5 rings (SSSR count). The normalized spacial score (nSPS) is 50.4. The summed E-state index contributed by atoms with van der Waals surface area (Å²) in [6.45, 7) is 20.5. The molecule has 0 amide bonds. The zero-order valence-electron chi connectivity index (χ0n) is 25.9. The molecule has 0 aromatic rings. The van der Waals surface area contributed by atoms with E-state index in [9.17, 15) is 4.79 Å². The van der Waals surface area contributed by atoms with Crippen molar-refractivity contribution >= 4 is 5.97 Å². The van der Waals surface area contributed by atoms with Crippen molar-refractivity contribution < 1.29 is 9.53 Å². The van der Waals surface area contributed by atoms with Gasteiger partial charge in [0.1, 0.15) is 6.10 Å². The van der Waals surface area contributed by atoms with Crippen LogP contribution in [0.4, 0.5) is 0 Å². The minimum atomic E-state index is 0.0519. The van der Waals surface area contributed by atoms with Crippen LogP contribution in [0.1, 0.15) is 152 Å². The van der Waals surface area contributed by atoms with Crippen molar-refractivity contribution in [3.63, 3.8) is 0 Å². The molecule has 5 fully saturated rings. The molecule has 37 heavy (non-hydrogen) atoms. The number of unbranched alkanes of at least 4 members (excludes halogenated alkanes) is 2. The fourth-order valence-electron chi connectivity index (χ4n) is 12.5. The SMILES string of the molecule is CCCCCC(=O)OC1CCC2(C)C(CCC3(C)C2CCC2C4C(CC)CCC4(C)CCC23C)C1(C)C. The largest absolute Gasteiger partial charge is 0.462 e. The zero-order valence-corrected chi connectivity index (χ0v) is 25.9. The van der Waals surface area contributed by atoms with E-state index >= 15 is 0 Å². The Morgan fingerprint density at radius 2 is 1.51 bits per heavy atom. The highest BCUT2D eigenvalue weighted by molar-refractivity contribution is 5.69. The van der Waals surface area contributed by atoms with E-state index in [0.717, 1.165) is 49.4 Å². The molecule has 5 aliphatic carbocycles. The number of esters is 1. The molecule has 0 aromatic heterocycles. The highest BCUT2D eigenvalue weighted by atomic mass is 16.5. The van der Waals surface area contributed by atoms with E-state index in [4.69, 9.17) is 4.74 Å². The average Bonchev–Trinajstić information content (AvgIpc) is 3.18. The van der Waals surface area contributed by atoms with Crippen LogP contribution >= 0.6 is 0 Å². The maximum Gasteiger partial charge on any atom is 0.306 e. The van der Waals surface area contributed by atoms with E-state index in [-0.39, 0.29) is 17.5 Å². The Morgan fingerprint density at radius 3 is 2.22 bits per heavy atom. The van der Waals surface area contributed by atoms with Gasteiger partial charge in [0.15, 0.2) is 0 Å². The fraction of sp³-hybridized carbons (Fsp3) is 0.971. The van der Waals surface area contributed by atoms with Crippen LogP contribution < -0.4 is 0 Å². The van der Waals surface area contributed by atoms with Crippen molar-refractivity contribution in [2.24, 2.45) is 56.7 Å². The molecule has 5 saturated carbocycles. The predicted molar refractivity (Wildman–Crippen MR) is 154 cm³/mol. The number of carbonyl (C=O) groups excluding carboxylic acids is 1. The highest BCUT2D eigenvalue weighted by Crippen LogP contribution is 2.77. The molecule has 0 spiro atoms. The maximum absolute atomic E-state index is 12.7. The van der Waals surface area contributed by atoms with Crippen LogP contribution in [-0.2, 0) is 9.53 Å². The summed E-state index contributed by atoms with van der Waals surface area (Å²) in [5.74, 6) is 4.36. The molecule has 0 radical (unpaired) electrons. The summed E-state index contributed by atoms with van der Waals surface area (Å²) in [6.07, 6.45) is 19.1. The van der Waals surface area contributed by atoms with Crippen molar-refractivity contribution in [1.82, 2.24) is 0 Å². The molecule has 0 aliphatic heterocycles. The lowest BCUT2D eigenvalue weighted by Gasteiger charge is -2.73. The smallest absolute Gasteiger partial charge is 0.306 e. The molecule has 0 bridgehead atoms. The van der Waals surface area contributed by atoms with E-state index in [2.05, 4.69) is 55.4 Å². The Balaban J connectivity index is 1.39. The maximum atomic E-state index is 12.7. The Morgan fingerprint density at radius 1 is 0.757 bits per heavy atom. The quantitative estimate of drug-likeness (QED) is 0.261. The molecule has 0 heterocycles. The van der Waals surface area contributed by atoms with Crippen LogP contribution in [0, 0.1) is 56.7 Å². The standard InChI is InChI=1S/C35H60O2/c1-9-11-12-13-29(36)37-28-18-20-33(6)26(31(28,3)4)17-21-35(8)27(33)15-14-25-30-24(10-2)16-19-32(30,5)22-23-34(25,35)7/h24-28,30H,9-23H2,1-8H3. The van der Waals surface area contributed by atoms with Crippen molar-refractivity contribution in [2.75, 3.05) is 0 Å². The lowest BCUT2D eigenvalue weighted by Crippen LogP contribution is -2.66. The van der Waals surface area contributed by atoms with Gasteiger partial charge in [-0.25, -0.2) is 0 Å². The van der Waals surface area contributed by atoms with Gasteiger partial charge < -0.3 is 4.74 Å². The van der Waals surface area contributed by atoms with Crippen LogP contribution in [0.25, 0.3) is 0 Å². The van der Waals surface area contributed by atoms with Gasteiger partial charge in [0, 0.05) is 11.8 Å². The summed E-state index contributed by atoms with van der Waals surface area (Å²) in [5.41, 5.74) is 1.98. The molecule has 0 saturated heterocycles. The predicted octanol–water partition coefficient (Wildman–Crippen LogP) is 9.99. The summed E-state index contributed by atoms with van der Waals surface area (Å²) in [6, 6.07) is 0. The van der Waals surface area contributed by atoms with Gasteiger partial charge in [-0.2, -0.15) is 0 Å². The lowest BCUT2D eigenvalue weighted by molar-refractivity contribution is -0.249. The average molecular weight is 513 g/mol. The number of hydrogen-bond donors (Lipinski definition) is 0. The molecule has 2 nitrogen and oxygen atoms in total. The minimum Gasteiger partial charge on any atom is -0.462 e. The summed E-state index contributed by atoms with van der Waals surface area (Å²) in [4.78, 5) is 12.7. The van der Waals surface area contributed by atoms with Crippen LogP contribution in [0.3, 0.4) is 0 Å². The van der Waals surface area contributed by atoms with Crippen LogP contribution in [0.2, 0.25) is 0 Å². The molecular formula is C35H60O2. The monoisotopic (exact) mass is 512 g/mol. The molecule has 2 heteroatoms. The lowest BCUT2D eigenvalue weighted by atomic mass is 9.32. The van der Waals surface area contributed by atoms with Gasteiger partial charge in [0.2, 0.25) is 0 Å². The van der Waals surface area contributed by atoms with Crippen molar-refractivity contribution in [3.8, 4) is 0 Å². The summed E-state index contributed by atoms with van der Waals surface area (Å²) >= 11 is 0. The van der Waals surface area contributed by atoms with Crippen LogP contribution in [-0.4, -0.2) is 12.1 Å². The first-order valence-electron chi connectivity index (χ1n) is 16.6. The van der Waals surface area contributed by atoms with Gasteiger partial charge in [-0.1, -0.05) is 74.7 Å². The third-order valence-corrected chi connectivity index (χ3v) is 14.7. The third kappa shape index (κ3) is 4.02. The highest BCUT2D eigenvalue weighted by Gasteiger charge is 2.70. The second kappa shape index (κ2) is 9.54. The Bertz CT molecular complexity index is 861. The van der Waals surface area contributed by atoms with Crippen LogP contribution in [0.5, 0.6) is 0 Å². The van der Waals surface area contributed by atoms with Gasteiger partial charge in [-0.05, 0) is 122 Å². The molecule has 5 aliphatic rings. The van der Waals surface area contributed by atoms with Crippen molar-refractivity contribution in [2.45, 2.75) is 158 Å². The fourth-order valence-corrected chi connectivity index (χ4v) is 12.5. The first-order valence-corrected chi connectivity index (χ1v) is 16.6. The number of hydrogen-bond acceptors (Lipinski definition) is 2. The first kappa shape index (κ1) is 28.0. The number of rotatable bonds is 6. The molecule has 0 aromatic carbocycles. The zero-order chi connectivity index (χ0) is 26.9. The van der Waals surface area contributed by atoms with Crippen molar-refractivity contribution in [3.05, 3.63) is 0 Å². The number of carbonyl (C=O) groups is 1. The van der Waals surface area contributed by atoms with E-state index < -0.39 is 0 Å². The van der Waals surface area contributed by atoms with Gasteiger partial charge in [0.25, 0.3) is 0 Å². The van der Waals surface area contributed by atoms with E-state index in [0.29, 0.717) is 34.0 Å². The van der Waals surface area contributed by atoms with Gasteiger partial charge in [-0.15, -0.1) is 0 Å². The second-order valence-electron chi connectivity index (χ2n) is 16.4. The topological polar surface area (TPSA) is 26.3 Å². The van der Waals surface area contributed by atoms with Crippen LogP contribution in [0.15, 0.2) is 0 Å². The third-order valence-electron chi connectivity index (χ3n) is 14.7. The molecule has 212 valence electrons. The Kier molecular flexibility index (Phi) is 7.22. The first-order chi connectivity index (χ1) is 17.4. The molecule has 10 atom stereocenters. The van der Waals surface area contributed by atoms with Gasteiger partial charge >= 0.3 is 5.97 Å². The summed E-state index contributed by atoms with van der Waals surface area (Å²) in [5, 5.41) is 0. The minimum absolute atomic E-state index is 0.0519. The van der Waals surface area contributed by atoms with Gasteiger partial charge in [-0.3, -0.25) is 4.79 Å². The molecule has 10 unspecified atom stereocenters. The van der Waals surface area contributed by atoms with E-state index in [1.807, 2.05) is 0 Å².